The lowest BCUT2D eigenvalue weighted by atomic mass is 10.2. The van der Waals surface area contributed by atoms with E-state index in [0.717, 1.165) is 54.0 Å². The van der Waals surface area contributed by atoms with Gasteiger partial charge in [-0.15, -0.1) is 0 Å². The first kappa shape index (κ1) is 20.4. The topological polar surface area (TPSA) is 65.4 Å². The van der Waals surface area contributed by atoms with Gasteiger partial charge >= 0.3 is 0 Å². The molecular weight excluding hydrogens is 378 g/mol. The van der Waals surface area contributed by atoms with Crippen LogP contribution in [-0.4, -0.2) is 41.3 Å². The summed E-state index contributed by atoms with van der Waals surface area (Å²) in [6.07, 6.45) is 3.04. The molecule has 6 nitrogen and oxygen atoms in total. The first-order valence-corrected chi connectivity index (χ1v) is 10.7. The molecule has 0 saturated carbocycles. The lowest BCUT2D eigenvalue weighted by Gasteiger charge is -2.13. The number of benzene rings is 2. The summed E-state index contributed by atoms with van der Waals surface area (Å²) in [7, 11) is 0. The van der Waals surface area contributed by atoms with Gasteiger partial charge in [-0.05, 0) is 49.9 Å². The Balaban J connectivity index is 1.36. The predicted molar refractivity (Wildman–Crippen MR) is 117 cm³/mol. The zero-order valence-corrected chi connectivity index (χ0v) is 17.5. The molecule has 1 atom stereocenters. The fourth-order valence-corrected chi connectivity index (χ4v) is 3.88. The highest BCUT2D eigenvalue weighted by Crippen LogP contribution is 2.19. The molecule has 1 N–H and O–H groups in total. The van der Waals surface area contributed by atoms with Crippen LogP contribution in [0.1, 0.15) is 30.7 Å². The molecule has 2 heterocycles. The molecule has 1 aromatic heterocycles. The van der Waals surface area contributed by atoms with Crippen LogP contribution in [0, 0.1) is 6.92 Å². The van der Waals surface area contributed by atoms with Gasteiger partial charge < -0.3 is 19.4 Å². The van der Waals surface area contributed by atoms with Gasteiger partial charge in [0.15, 0.2) is 0 Å². The van der Waals surface area contributed by atoms with Crippen molar-refractivity contribution >= 4 is 16.9 Å². The maximum atomic E-state index is 12.2. The van der Waals surface area contributed by atoms with Gasteiger partial charge in [-0.1, -0.05) is 30.3 Å². The van der Waals surface area contributed by atoms with Crippen LogP contribution in [-0.2, 0) is 22.5 Å². The second-order valence-electron chi connectivity index (χ2n) is 7.68. The van der Waals surface area contributed by atoms with Gasteiger partial charge in [0.25, 0.3) is 0 Å². The maximum Gasteiger partial charge on any atom is 0.249 e. The van der Waals surface area contributed by atoms with E-state index in [9.17, 15) is 4.79 Å². The number of para-hydroxylation sites is 3. The van der Waals surface area contributed by atoms with E-state index in [1.165, 1.54) is 0 Å². The van der Waals surface area contributed by atoms with Crippen molar-refractivity contribution in [2.45, 2.75) is 45.3 Å². The van der Waals surface area contributed by atoms with Crippen LogP contribution in [0.25, 0.3) is 11.0 Å². The molecule has 6 heteroatoms. The summed E-state index contributed by atoms with van der Waals surface area (Å²) in [6, 6.07) is 16.2. The number of fused-ring (bicyclic) bond motifs is 1. The van der Waals surface area contributed by atoms with Crippen LogP contribution in [0.3, 0.4) is 0 Å². The van der Waals surface area contributed by atoms with Gasteiger partial charge in [0.05, 0.1) is 17.6 Å². The number of hydrogen-bond acceptors (Lipinski definition) is 4. The second-order valence-corrected chi connectivity index (χ2v) is 7.68. The second kappa shape index (κ2) is 9.76. The fraction of sp³-hybridized carbons (Fsp3) is 0.417. The van der Waals surface area contributed by atoms with Crippen molar-refractivity contribution in [2.24, 2.45) is 0 Å². The molecule has 1 saturated heterocycles. The lowest BCUT2D eigenvalue weighted by molar-refractivity contribution is -0.130. The van der Waals surface area contributed by atoms with Gasteiger partial charge in [0.2, 0.25) is 5.91 Å². The van der Waals surface area contributed by atoms with Crippen molar-refractivity contribution < 1.29 is 14.3 Å². The summed E-state index contributed by atoms with van der Waals surface area (Å²) in [5.74, 6) is 1.91. The highest BCUT2D eigenvalue weighted by molar-refractivity contribution is 5.81. The van der Waals surface area contributed by atoms with Gasteiger partial charge in [0, 0.05) is 26.1 Å². The minimum absolute atomic E-state index is 0.0122. The minimum atomic E-state index is -0.289. The van der Waals surface area contributed by atoms with Gasteiger partial charge in [-0.25, -0.2) is 4.98 Å². The molecule has 158 valence electrons. The van der Waals surface area contributed by atoms with Crippen LogP contribution in [0.5, 0.6) is 5.75 Å². The number of carbonyl (C=O) groups excluding carboxylic acids is 1. The monoisotopic (exact) mass is 407 g/mol. The smallest absolute Gasteiger partial charge is 0.249 e. The molecule has 30 heavy (non-hydrogen) atoms. The highest BCUT2D eigenvalue weighted by atomic mass is 16.5. The quantitative estimate of drug-likeness (QED) is 0.550. The van der Waals surface area contributed by atoms with E-state index in [1.54, 1.807) is 0 Å². The summed E-state index contributed by atoms with van der Waals surface area (Å²) in [4.78, 5) is 17.0. The SMILES string of the molecule is Cc1ccccc1OCCCn1c(CCNC(=O)C2CCCO2)nc2ccccc21. The number of nitrogens with one attached hydrogen (secondary N) is 1. The predicted octanol–water partition coefficient (Wildman–Crippen LogP) is 3.65. The third-order valence-corrected chi connectivity index (χ3v) is 5.48. The van der Waals surface area contributed by atoms with Crippen molar-refractivity contribution in [3.63, 3.8) is 0 Å². The molecule has 0 spiro atoms. The fourth-order valence-electron chi connectivity index (χ4n) is 3.88. The van der Waals surface area contributed by atoms with Crippen LogP contribution in [0.2, 0.25) is 0 Å². The number of nitrogens with zero attached hydrogens (tertiary/aromatic N) is 2. The van der Waals surface area contributed by atoms with Crippen LogP contribution in [0.4, 0.5) is 0 Å². The van der Waals surface area contributed by atoms with Crippen molar-refractivity contribution in [1.29, 1.82) is 0 Å². The van der Waals surface area contributed by atoms with E-state index in [1.807, 2.05) is 36.4 Å². The first-order chi connectivity index (χ1) is 14.7. The molecule has 0 bridgehead atoms. The third-order valence-electron chi connectivity index (χ3n) is 5.48. The van der Waals surface area contributed by atoms with Crippen LogP contribution >= 0.6 is 0 Å². The lowest BCUT2D eigenvalue weighted by Crippen LogP contribution is -2.35. The number of carbonyl (C=O) groups is 1. The Morgan fingerprint density at radius 1 is 1.23 bits per heavy atom. The molecule has 1 amide bonds. The molecule has 0 aliphatic carbocycles. The Kier molecular flexibility index (Phi) is 6.64. The molecular formula is C24H29N3O3. The first-order valence-electron chi connectivity index (χ1n) is 10.7. The number of hydrogen-bond donors (Lipinski definition) is 1. The number of aromatic nitrogens is 2. The van der Waals surface area contributed by atoms with E-state index in [2.05, 4.69) is 28.9 Å². The molecule has 2 aromatic carbocycles. The van der Waals surface area contributed by atoms with Crippen molar-refractivity contribution in [1.82, 2.24) is 14.9 Å². The minimum Gasteiger partial charge on any atom is -0.493 e. The Hall–Kier alpha value is -2.86. The van der Waals surface area contributed by atoms with E-state index < -0.39 is 0 Å². The van der Waals surface area contributed by atoms with Gasteiger partial charge in [-0.2, -0.15) is 0 Å². The number of rotatable bonds is 9. The average molecular weight is 408 g/mol. The van der Waals surface area contributed by atoms with E-state index in [0.29, 0.717) is 26.2 Å². The summed E-state index contributed by atoms with van der Waals surface area (Å²) >= 11 is 0. The summed E-state index contributed by atoms with van der Waals surface area (Å²) in [5, 5.41) is 3.00. The molecule has 1 unspecified atom stereocenters. The van der Waals surface area contributed by atoms with Gasteiger partial charge in [-0.3, -0.25) is 4.79 Å². The zero-order chi connectivity index (χ0) is 20.8. The third kappa shape index (κ3) is 4.82. The summed E-state index contributed by atoms with van der Waals surface area (Å²) < 4.78 is 13.6. The molecule has 1 aliphatic heterocycles. The average Bonchev–Trinajstić information content (AvgIpc) is 3.41. The molecule has 3 aromatic rings. The van der Waals surface area contributed by atoms with E-state index in [-0.39, 0.29) is 12.0 Å². The van der Waals surface area contributed by atoms with Crippen LogP contribution < -0.4 is 10.1 Å². The molecule has 1 fully saturated rings. The Morgan fingerprint density at radius 3 is 2.90 bits per heavy atom. The van der Waals surface area contributed by atoms with E-state index in [4.69, 9.17) is 14.5 Å². The number of imidazole rings is 1. The Bertz CT molecular complexity index is 992. The highest BCUT2D eigenvalue weighted by Gasteiger charge is 2.23. The molecule has 4 rings (SSSR count). The van der Waals surface area contributed by atoms with E-state index >= 15 is 0 Å². The molecule has 0 radical (unpaired) electrons. The van der Waals surface area contributed by atoms with Crippen LogP contribution in [0.15, 0.2) is 48.5 Å². The zero-order valence-electron chi connectivity index (χ0n) is 17.5. The summed E-state index contributed by atoms with van der Waals surface area (Å²) in [6.45, 7) is 4.76. The number of aryl methyl sites for hydroxylation is 2. The number of amides is 1. The van der Waals surface area contributed by atoms with Crippen molar-refractivity contribution in [3.05, 3.63) is 59.9 Å². The largest absolute Gasteiger partial charge is 0.493 e. The van der Waals surface area contributed by atoms with Crippen molar-refractivity contribution in [2.75, 3.05) is 19.8 Å². The molecule has 1 aliphatic rings. The number of ether oxygens (including phenoxy) is 2. The Labute approximate surface area is 177 Å². The summed E-state index contributed by atoms with van der Waals surface area (Å²) in [5.41, 5.74) is 3.25. The normalized spacial score (nSPS) is 16.1. The maximum absolute atomic E-state index is 12.2. The Morgan fingerprint density at radius 2 is 2.07 bits per heavy atom. The van der Waals surface area contributed by atoms with Gasteiger partial charge in [0.1, 0.15) is 17.7 Å². The standard InChI is InChI=1S/C24H29N3O3/c1-18-8-2-5-11-21(18)29-17-7-15-27-20-10-4-3-9-19(20)26-23(27)13-14-25-24(28)22-12-6-16-30-22/h2-5,8-11,22H,6-7,12-17H2,1H3,(H,25,28). The van der Waals surface area contributed by atoms with Crippen molar-refractivity contribution in [3.8, 4) is 5.75 Å².